The highest BCUT2D eigenvalue weighted by Crippen LogP contribution is 2.22. The molecule has 1 rings (SSSR count). The fraction of sp³-hybridized carbons (Fsp3) is 0.500. The quantitative estimate of drug-likeness (QED) is 0.806. The Morgan fingerprint density at radius 3 is 2.69 bits per heavy atom. The fourth-order valence-corrected chi connectivity index (χ4v) is 1.72. The number of ether oxygens (including phenoxy) is 1. The van der Waals surface area contributed by atoms with Crippen molar-refractivity contribution >= 4 is 17.3 Å². The molecule has 90 valence electrons. The first-order valence-electron chi connectivity index (χ1n) is 5.30. The Labute approximate surface area is 101 Å². The number of halogens is 1. The fourth-order valence-electron chi connectivity index (χ4n) is 1.52. The maximum absolute atomic E-state index is 9.31. The van der Waals surface area contributed by atoms with Crippen molar-refractivity contribution in [2.75, 3.05) is 25.6 Å². The number of para-hydroxylation sites is 1. The van der Waals surface area contributed by atoms with Gasteiger partial charge in [-0.05, 0) is 12.1 Å². The van der Waals surface area contributed by atoms with Crippen molar-refractivity contribution in [2.24, 2.45) is 5.92 Å². The largest absolute Gasteiger partial charge is 0.394 e. The van der Waals surface area contributed by atoms with E-state index in [9.17, 15) is 5.11 Å². The third-order valence-electron chi connectivity index (χ3n) is 2.53. The molecule has 0 amide bonds. The van der Waals surface area contributed by atoms with E-state index in [1.54, 1.807) is 7.11 Å². The van der Waals surface area contributed by atoms with E-state index < -0.39 is 0 Å². The highest BCUT2D eigenvalue weighted by molar-refractivity contribution is 6.33. The van der Waals surface area contributed by atoms with Gasteiger partial charge in [-0.2, -0.15) is 0 Å². The monoisotopic (exact) mass is 243 g/mol. The van der Waals surface area contributed by atoms with E-state index in [1.165, 1.54) is 0 Å². The number of hydrogen-bond acceptors (Lipinski definition) is 3. The van der Waals surface area contributed by atoms with Crippen LogP contribution in [0.4, 0.5) is 5.69 Å². The van der Waals surface area contributed by atoms with Crippen LogP contribution in [0.5, 0.6) is 0 Å². The number of methoxy groups -OCH3 is 1. The van der Waals surface area contributed by atoms with E-state index in [0.29, 0.717) is 11.6 Å². The van der Waals surface area contributed by atoms with Crippen molar-refractivity contribution in [1.29, 1.82) is 0 Å². The molecule has 2 N–H and O–H groups in total. The van der Waals surface area contributed by atoms with Gasteiger partial charge in [0.1, 0.15) is 0 Å². The molecule has 0 fully saturated rings. The Balaban J connectivity index is 2.66. The zero-order chi connectivity index (χ0) is 12.0. The summed E-state index contributed by atoms with van der Waals surface area (Å²) in [4.78, 5) is 0. The molecule has 3 nitrogen and oxygen atoms in total. The van der Waals surface area contributed by atoms with Gasteiger partial charge in [-0.25, -0.2) is 0 Å². The predicted octanol–water partition coefficient (Wildman–Crippen LogP) is 2.40. The Bertz CT molecular complexity index is 320. The van der Waals surface area contributed by atoms with E-state index in [1.807, 2.05) is 31.2 Å². The third kappa shape index (κ3) is 3.67. The zero-order valence-electron chi connectivity index (χ0n) is 9.61. The summed E-state index contributed by atoms with van der Waals surface area (Å²) in [5.41, 5.74) is 0.839. The molecule has 0 bridgehead atoms. The summed E-state index contributed by atoms with van der Waals surface area (Å²) in [6, 6.07) is 7.44. The summed E-state index contributed by atoms with van der Waals surface area (Å²) in [6.45, 7) is 2.67. The van der Waals surface area contributed by atoms with Crippen molar-refractivity contribution in [1.82, 2.24) is 0 Å². The second kappa shape index (κ2) is 6.74. The van der Waals surface area contributed by atoms with E-state index in [0.717, 1.165) is 5.69 Å². The lowest BCUT2D eigenvalue weighted by molar-refractivity contribution is 0.132. The molecule has 1 aromatic carbocycles. The van der Waals surface area contributed by atoms with Gasteiger partial charge < -0.3 is 15.2 Å². The zero-order valence-corrected chi connectivity index (χ0v) is 10.4. The lowest BCUT2D eigenvalue weighted by Crippen LogP contribution is -2.33. The summed E-state index contributed by atoms with van der Waals surface area (Å²) < 4.78 is 5.07. The average molecular weight is 244 g/mol. The normalized spacial score (nSPS) is 14.5. The Hall–Kier alpha value is -0.770. The van der Waals surface area contributed by atoms with Gasteiger partial charge >= 0.3 is 0 Å². The van der Waals surface area contributed by atoms with Gasteiger partial charge in [-0.3, -0.25) is 0 Å². The minimum atomic E-state index is -0.0557. The van der Waals surface area contributed by atoms with Crippen LogP contribution in [0, 0.1) is 5.92 Å². The number of rotatable bonds is 6. The van der Waals surface area contributed by atoms with Crippen LogP contribution >= 0.6 is 11.6 Å². The number of nitrogens with one attached hydrogen (secondary N) is 1. The van der Waals surface area contributed by atoms with E-state index in [2.05, 4.69) is 5.32 Å². The number of aliphatic hydroxyl groups excluding tert-OH is 1. The van der Waals surface area contributed by atoms with Crippen LogP contribution in [0.25, 0.3) is 0 Å². The Kier molecular flexibility index (Phi) is 5.60. The molecule has 2 atom stereocenters. The van der Waals surface area contributed by atoms with Crippen molar-refractivity contribution in [3.8, 4) is 0 Å². The Morgan fingerprint density at radius 2 is 2.12 bits per heavy atom. The minimum Gasteiger partial charge on any atom is -0.394 e. The van der Waals surface area contributed by atoms with Gasteiger partial charge in [0.2, 0.25) is 0 Å². The highest BCUT2D eigenvalue weighted by Gasteiger charge is 2.16. The lowest BCUT2D eigenvalue weighted by Gasteiger charge is -2.24. The van der Waals surface area contributed by atoms with Gasteiger partial charge in [-0.1, -0.05) is 30.7 Å². The van der Waals surface area contributed by atoms with Gasteiger partial charge in [-0.15, -0.1) is 0 Å². The van der Waals surface area contributed by atoms with Crippen molar-refractivity contribution in [3.05, 3.63) is 29.3 Å². The molecule has 0 aliphatic heterocycles. The van der Waals surface area contributed by atoms with Crippen LogP contribution in [0.15, 0.2) is 24.3 Å². The van der Waals surface area contributed by atoms with Crippen LogP contribution < -0.4 is 5.32 Å². The molecule has 1 aromatic rings. The summed E-state index contributed by atoms with van der Waals surface area (Å²) in [7, 11) is 1.65. The molecule has 0 radical (unpaired) electrons. The van der Waals surface area contributed by atoms with Crippen LogP contribution in [0.1, 0.15) is 6.92 Å². The first-order chi connectivity index (χ1) is 7.69. The molecule has 0 saturated carbocycles. The summed E-state index contributed by atoms with van der Waals surface area (Å²) in [5.74, 6) is 0.214. The smallest absolute Gasteiger partial charge is 0.0637 e. The molecular formula is C12H18ClNO2. The van der Waals surface area contributed by atoms with Crippen LogP contribution in [-0.4, -0.2) is 31.5 Å². The minimum absolute atomic E-state index is 0.0513. The molecule has 16 heavy (non-hydrogen) atoms. The van der Waals surface area contributed by atoms with Crippen molar-refractivity contribution in [3.63, 3.8) is 0 Å². The van der Waals surface area contributed by atoms with Gasteiger partial charge in [0, 0.05) is 13.0 Å². The number of anilines is 1. The molecule has 0 heterocycles. The topological polar surface area (TPSA) is 41.5 Å². The van der Waals surface area contributed by atoms with Crippen molar-refractivity contribution in [2.45, 2.75) is 13.0 Å². The molecule has 0 saturated heterocycles. The molecule has 0 aliphatic rings. The molecule has 0 aromatic heterocycles. The SMILES string of the molecule is COCC(C)C(CO)Nc1ccccc1Cl. The molecule has 4 heteroatoms. The predicted molar refractivity (Wildman–Crippen MR) is 67.0 cm³/mol. The molecule has 0 spiro atoms. The van der Waals surface area contributed by atoms with Crippen molar-refractivity contribution < 1.29 is 9.84 Å². The first-order valence-corrected chi connectivity index (χ1v) is 5.67. The van der Waals surface area contributed by atoms with E-state index in [4.69, 9.17) is 16.3 Å². The highest BCUT2D eigenvalue weighted by atomic mass is 35.5. The standard InChI is InChI=1S/C12H18ClNO2/c1-9(8-16-2)12(7-15)14-11-6-4-3-5-10(11)13/h3-6,9,12,14-15H,7-8H2,1-2H3. The summed E-state index contributed by atoms with van der Waals surface area (Å²) in [6.07, 6.45) is 0. The molecular weight excluding hydrogens is 226 g/mol. The number of benzene rings is 1. The maximum Gasteiger partial charge on any atom is 0.0637 e. The first kappa shape index (κ1) is 13.3. The van der Waals surface area contributed by atoms with E-state index in [-0.39, 0.29) is 18.6 Å². The summed E-state index contributed by atoms with van der Waals surface area (Å²) >= 11 is 6.03. The average Bonchev–Trinajstić information content (AvgIpc) is 2.28. The molecule has 2 unspecified atom stereocenters. The number of aliphatic hydroxyl groups is 1. The van der Waals surface area contributed by atoms with Crippen LogP contribution in [0.3, 0.4) is 0 Å². The molecule has 0 aliphatic carbocycles. The van der Waals surface area contributed by atoms with Crippen LogP contribution in [0.2, 0.25) is 5.02 Å². The van der Waals surface area contributed by atoms with E-state index >= 15 is 0 Å². The van der Waals surface area contributed by atoms with Gasteiger partial charge in [0.25, 0.3) is 0 Å². The third-order valence-corrected chi connectivity index (χ3v) is 2.86. The van der Waals surface area contributed by atoms with Gasteiger partial charge in [0.15, 0.2) is 0 Å². The maximum atomic E-state index is 9.31. The second-order valence-corrected chi connectivity index (χ2v) is 4.25. The van der Waals surface area contributed by atoms with Gasteiger partial charge in [0.05, 0.1) is 30.0 Å². The number of hydrogen-bond donors (Lipinski definition) is 2. The Morgan fingerprint density at radius 1 is 1.44 bits per heavy atom. The van der Waals surface area contributed by atoms with Crippen LogP contribution in [-0.2, 0) is 4.74 Å². The second-order valence-electron chi connectivity index (χ2n) is 3.85. The summed E-state index contributed by atoms with van der Waals surface area (Å²) in [5, 5.41) is 13.2. The lowest BCUT2D eigenvalue weighted by atomic mass is 10.0.